The monoisotopic (exact) mass is 376 g/mol. The van der Waals surface area contributed by atoms with Crippen molar-refractivity contribution in [1.82, 2.24) is 9.62 Å². The van der Waals surface area contributed by atoms with Crippen LogP contribution < -0.4 is 14.8 Å². The summed E-state index contributed by atoms with van der Waals surface area (Å²) in [6, 6.07) is 13.3. The first-order valence-corrected chi connectivity index (χ1v) is 9.85. The summed E-state index contributed by atoms with van der Waals surface area (Å²) in [6.45, 7) is 0.427. The molecule has 8 heteroatoms. The molecule has 26 heavy (non-hydrogen) atoms. The SMILES string of the molecule is CN([C@@H](C(=O)NCc1ccc2c(c1)OCO2)c1ccccc1)S(C)(=O)=O. The molecule has 1 aliphatic heterocycles. The Morgan fingerprint density at radius 1 is 1.15 bits per heavy atom. The zero-order valence-corrected chi connectivity index (χ0v) is 15.3. The average Bonchev–Trinajstić information content (AvgIpc) is 3.08. The van der Waals surface area contributed by atoms with Gasteiger partial charge < -0.3 is 14.8 Å². The van der Waals surface area contributed by atoms with E-state index >= 15 is 0 Å². The molecule has 0 aromatic heterocycles. The molecule has 0 unspecified atom stereocenters. The van der Waals surface area contributed by atoms with Crippen LogP contribution in [0.2, 0.25) is 0 Å². The van der Waals surface area contributed by atoms with E-state index in [1.807, 2.05) is 12.1 Å². The van der Waals surface area contributed by atoms with Crippen LogP contribution >= 0.6 is 0 Å². The first-order valence-electron chi connectivity index (χ1n) is 8.00. The smallest absolute Gasteiger partial charge is 0.243 e. The average molecular weight is 376 g/mol. The normalized spacial score (nSPS) is 14.3. The fourth-order valence-electron chi connectivity index (χ4n) is 2.69. The van der Waals surface area contributed by atoms with Crippen molar-refractivity contribution in [2.24, 2.45) is 0 Å². The third-order valence-electron chi connectivity index (χ3n) is 4.15. The minimum atomic E-state index is -3.55. The maximum Gasteiger partial charge on any atom is 0.243 e. The second-order valence-electron chi connectivity index (χ2n) is 6.00. The highest BCUT2D eigenvalue weighted by Crippen LogP contribution is 2.32. The third-order valence-corrected chi connectivity index (χ3v) is 5.41. The molecular weight excluding hydrogens is 356 g/mol. The molecule has 2 aromatic carbocycles. The lowest BCUT2D eigenvalue weighted by molar-refractivity contribution is -0.124. The van der Waals surface area contributed by atoms with Gasteiger partial charge in [0.1, 0.15) is 6.04 Å². The van der Waals surface area contributed by atoms with Crippen molar-refractivity contribution >= 4 is 15.9 Å². The number of likely N-dealkylation sites (N-methyl/N-ethyl adjacent to an activating group) is 1. The molecule has 0 saturated heterocycles. The van der Waals surface area contributed by atoms with Gasteiger partial charge in [-0.1, -0.05) is 36.4 Å². The van der Waals surface area contributed by atoms with Gasteiger partial charge >= 0.3 is 0 Å². The first-order chi connectivity index (χ1) is 12.4. The molecule has 1 aliphatic rings. The number of nitrogens with zero attached hydrogens (tertiary/aromatic N) is 1. The van der Waals surface area contributed by atoms with Crippen LogP contribution in [0.15, 0.2) is 48.5 Å². The Morgan fingerprint density at radius 2 is 1.85 bits per heavy atom. The Hall–Kier alpha value is -2.58. The number of carbonyl (C=O) groups excluding carboxylic acids is 1. The van der Waals surface area contributed by atoms with Crippen molar-refractivity contribution in [3.63, 3.8) is 0 Å². The van der Waals surface area contributed by atoms with Gasteiger partial charge in [0.25, 0.3) is 0 Å². The summed E-state index contributed by atoms with van der Waals surface area (Å²) in [4.78, 5) is 12.8. The van der Waals surface area contributed by atoms with Crippen LogP contribution in [0.3, 0.4) is 0 Å². The van der Waals surface area contributed by atoms with Gasteiger partial charge in [-0.05, 0) is 23.3 Å². The molecule has 0 fully saturated rings. The molecule has 2 aromatic rings. The summed E-state index contributed by atoms with van der Waals surface area (Å²) in [6.07, 6.45) is 1.08. The Morgan fingerprint density at radius 3 is 2.54 bits per heavy atom. The Bertz CT molecular complexity index is 899. The molecule has 1 amide bonds. The molecular formula is C18H20N2O5S. The zero-order chi connectivity index (χ0) is 18.7. The van der Waals surface area contributed by atoms with E-state index in [0.717, 1.165) is 16.1 Å². The first kappa shape index (κ1) is 18.2. The second-order valence-corrected chi connectivity index (χ2v) is 8.04. The van der Waals surface area contributed by atoms with E-state index in [2.05, 4.69) is 5.32 Å². The van der Waals surface area contributed by atoms with Gasteiger partial charge in [-0.15, -0.1) is 0 Å². The van der Waals surface area contributed by atoms with Crippen molar-refractivity contribution in [1.29, 1.82) is 0 Å². The Kier molecular flexibility index (Phi) is 5.15. The lowest BCUT2D eigenvalue weighted by atomic mass is 10.1. The molecule has 3 rings (SSSR count). The summed E-state index contributed by atoms with van der Waals surface area (Å²) in [5.74, 6) is 0.894. The molecule has 0 spiro atoms. The number of hydrogen-bond acceptors (Lipinski definition) is 5. The van der Waals surface area contributed by atoms with E-state index in [-0.39, 0.29) is 13.3 Å². The van der Waals surface area contributed by atoms with Crippen molar-refractivity contribution in [3.05, 3.63) is 59.7 Å². The Labute approximate surface area is 152 Å². The molecule has 7 nitrogen and oxygen atoms in total. The standard InChI is InChI=1S/C18H20N2O5S/c1-20(26(2,22)23)17(14-6-4-3-5-7-14)18(21)19-11-13-8-9-15-16(10-13)25-12-24-15/h3-10,17H,11-12H2,1-2H3,(H,19,21)/t17-/m1/s1. The van der Waals surface area contributed by atoms with Crippen molar-refractivity contribution in [2.75, 3.05) is 20.1 Å². The van der Waals surface area contributed by atoms with Crippen molar-refractivity contribution in [2.45, 2.75) is 12.6 Å². The maximum absolute atomic E-state index is 12.8. The number of fused-ring (bicyclic) bond motifs is 1. The lowest BCUT2D eigenvalue weighted by Gasteiger charge is -2.25. The highest BCUT2D eigenvalue weighted by molar-refractivity contribution is 7.88. The van der Waals surface area contributed by atoms with Crippen LogP contribution in [0.4, 0.5) is 0 Å². The highest BCUT2D eigenvalue weighted by Gasteiger charge is 2.30. The fraction of sp³-hybridized carbons (Fsp3) is 0.278. The van der Waals surface area contributed by atoms with E-state index in [1.165, 1.54) is 7.05 Å². The van der Waals surface area contributed by atoms with Crippen LogP contribution in [-0.2, 0) is 21.4 Å². The van der Waals surface area contributed by atoms with E-state index < -0.39 is 22.0 Å². The predicted molar refractivity (Wildman–Crippen MR) is 96.2 cm³/mol. The number of benzene rings is 2. The topological polar surface area (TPSA) is 84.9 Å². The molecule has 0 saturated carbocycles. The number of hydrogen-bond donors (Lipinski definition) is 1. The summed E-state index contributed by atoms with van der Waals surface area (Å²) in [7, 11) is -2.15. The zero-order valence-electron chi connectivity index (χ0n) is 14.5. The van der Waals surface area contributed by atoms with Gasteiger partial charge in [-0.3, -0.25) is 4.79 Å². The number of amides is 1. The number of ether oxygens (including phenoxy) is 2. The van der Waals surface area contributed by atoms with E-state index in [0.29, 0.717) is 17.1 Å². The molecule has 1 heterocycles. The summed E-state index contributed by atoms with van der Waals surface area (Å²) >= 11 is 0. The van der Waals surface area contributed by atoms with Gasteiger partial charge in [-0.2, -0.15) is 4.31 Å². The predicted octanol–water partition coefficient (Wildman–Crippen LogP) is 1.66. The number of carbonyl (C=O) groups is 1. The van der Waals surface area contributed by atoms with Crippen molar-refractivity contribution < 1.29 is 22.7 Å². The van der Waals surface area contributed by atoms with Crippen LogP contribution in [0, 0.1) is 0 Å². The Balaban J connectivity index is 1.77. The largest absolute Gasteiger partial charge is 0.454 e. The number of nitrogens with one attached hydrogen (secondary N) is 1. The van der Waals surface area contributed by atoms with Crippen molar-refractivity contribution in [3.8, 4) is 11.5 Å². The lowest BCUT2D eigenvalue weighted by Crippen LogP contribution is -2.41. The van der Waals surface area contributed by atoms with Gasteiger partial charge in [0, 0.05) is 13.6 Å². The third kappa shape index (κ3) is 3.97. The van der Waals surface area contributed by atoms with Crippen LogP contribution in [0.5, 0.6) is 11.5 Å². The van der Waals surface area contributed by atoms with Crippen LogP contribution in [0.25, 0.3) is 0 Å². The molecule has 0 radical (unpaired) electrons. The van der Waals surface area contributed by atoms with Crippen LogP contribution in [-0.4, -0.2) is 38.7 Å². The number of sulfonamides is 1. The number of rotatable bonds is 6. The summed E-state index contributed by atoms with van der Waals surface area (Å²) < 4.78 is 35.6. The molecule has 0 bridgehead atoms. The molecule has 1 N–H and O–H groups in total. The quantitative estimate of drug-likeness (QED) is 0.829. The maximum atomic E-state index is 12.8. The van der Waals surface area contributed by atoms with Gasteiger partial charge in [0.2, 0.25) is 22.7 Å². The van der Waals surface area contributed by atoms with E-state index in [9.17, 15) is 13.2 Å². The van der Waals surface area contributed by atoms with Gasteiger partial charge in [0.05, 0.1) is 6.26 Å². The van der Waals surface area contributed by atoms with E-state index in [1.54, 1.807) is 36.4 Å². The minimum absolute atomic E-state index is 0.181. The highest BCUT2D eigenvalue weighted by atomic mass is 32.2. The molecule has 1 atom stereocenters. The molecule has 138 valence electrons. The summed E-state index contributed by atoms with van der Waals surface area (Å²) in [5, 5.41) is 2.80. The molecule has 0 aliphatic carbocycles. The van der Waals surface area contributed by atoms with E-state index in [4.69, 9.17) is 9.47 Å². The van der Waals surface area contributed by atoms with Crippen LogP contribution in [0.1, 0.15) is 17.2 Å². The summed E-state index contributed by atoms with van der Waals surface area (Å²) in [5.41, 5.74) is 1.43. The minimum Gasteiger partial charge on any atom is -0.454 e. The van der Waals surface area contributed by atoms with Gasteiger partial charge in [-0.25, -0.2) is 8.42 Å². The van der Waals surface area contributed by atoms with Gasteiger partial charge in [0.15, 0.2) is 11.5 Å². The fourth-order valence-corrected chi connectivity index (χ4v) is 3.29. The second kappa shape index (κ2) is 7.35.